The van der Waals surface area contributed by atoms with Crippen LogP contribution in [0.2, 0.25) is 0 Å². The number of halogens is 1. The molecule has 0 saturated heterocycles. The first kappa shape index (κ1) is 13.6. The number of hydrogen-bond acceptors (Lipinski definition) is 3. The molecule has 0 aliphatic rings. The van der Waals surface area contributed by atoms with Crippen LogP contribution in [0.3, 0.4) is 0 Å². The zero-order chi connectivity index (χ0) is 13.2. The molecule has 0 aliphatic heterocycles. The van der Waals surface area contributed by atoms with Crippen molar-refractivity contribution in [3.05, 3.63) is 29.6 Å². The number of benzene rings is 1. The smallest absolute Gasteiger partial charge is 0.321 e. The number of sulfonamides is 1. The Hall–Kier alpha value is -1.47. The summed E-state index contributed by atoms with van der Waals surface area (Å²) < 4.78 is 38.9. The Morgan fingerprint density at radius 2 is 2.06 bits per heavy atom. The predicted octanol–water partition coefficient (Wildman–Crippen LogP) is 0.886. The van der Waals surface area contributed by atoms with Crippen LogP contribution in [0.1, 0.15) is 12.5 Å². The summed E-state index contributed by atoms with van der Waals surface area (Å²) in [6, 6.07) is 2.58. The fraction of sp³-hybridized carbons (Fsp3) is 0.300. The van der Waals surface area contributed by atoms with Crippen LogP contribution in [0.5, 0.6) is 0 Å². The maximum absolute atomic E-state index is 13.6. The van der Waals surface area contributed by atoms with Gasteiger partial charge in [0.05, 0.1) is 0 Å². The average molecular weight is 261 g/mol. The van der Waals surface area contributed by atoms with Crippen LogP contribution in [-0.4, -0.2) is 25.5 Å². The number of carbonyl (C=O) groups is 1. The SMILES string of the molecule is Cc1cccc(S(=O)(=O)N[C@@H](C)C(=O)O)c1F. The van der Waals surface area contributed by atoms with Crippen LogP contribution in [0.25, 0.3) is 0 Å². The fourth-order valence-electron chi connectivity index (χ4n) is 1.17. The molecule has 17 heavy (non-hydrogen) atoms. The van der Waals surface area contributed by atoms with Crippen molar-refractivity contribution in [3.63, 3.8) is 0 Å². The van der Waals surface area contributed by atoms with E-state index in [0.29, 0.717) is 0 Å². The molecule has 0 bridgehead atoms. The number of carboxylic acids is 1. The Morgan fingerprint density at radius 1 is 1.47 bits per heavy atom. The van der Waals surface area contributed by atoms with E-state index in [1.54, 1.807) is 0 Å². The number of aliphatic carboxylic acids is 1. The molecule has 0 spiro atoms. The normalized spacial score (nSPS) is 13.4. The van der Waals surface area contributed by atoms with Gasteiger partial charge in [0.2, 0.25) is 10.0 Å². The van der Waals surface area contributed by atoms with Crippen LogP contribution >= 0.6 is 0 Å². The third-order valence-electron chi connectivity index (χ3n) is 2.15. The molecule has 0 unspecified atom stereocenters. The summed E-state index contributed by atoms with van der Waals surface area (Å²) in [5, 5.41) is 8.60. The summed E-state index contributed by atoms with van der Waals surface area (Å²) in [7, 11) is -4.16. The lowest BCUT2D eigenvalue weighted by Crippen LogP contribution is -2.38. The maximum Gasteiger partial charge on any atom is 0.321 e. The van der Waals surface area contributed by atoms with E-state index in [1.807, 2.05) is 4.72 Å². The van der Waals surface area contributed by atoms with Crippen LogP contribution < -0.4 is 4.72 Å². The molecule has 0 amide bonds. The lowest BCUT2D eigenvalue weighted by atomic mass is 10.2. The minimum Gasteiger partial charge on any atom is -0.480 e. The van der Waals surface area contributed by atoms with E-state index in [2.05, 4.69) is 0 Å². The van der Waals surface area contributed by atoms with Gasteiger partial charge in [-0.25, -0.2) is 12.8 Å². The molecular weight excluding hydrogens is 249 g/mol. The van der Waals surface area contributed by atoms with Crippen molar-refractivity contribution in [2.75, 3.05) is 0 Å². The molecule has 1 rings (SSSR count). The second kappa shape index (κ2) is 4.80. The maximum atomic E-state index is 13.6. The van der Waals surface area contributed by atoms with Gasteiger partial charge in [-0.15, -0.1) is 0 Å². The highest BCUT2D eigenvalue weighted by Gasteiger charge is 2.24. The van der Waals surface area contributed by atoms with Gasteiger partial charge in [0.1, 0.15) is 16.8 Å². The van der Waals surface area contributed by atoms with Crippen LogP contribution in [0.15, 0.2) is 23.1 Å². The molecule has 2 N–H and O–H groups in total. The highest BCUT2D eigenvalue weighted by atomic mass is 32.2. The summed E-state index contributed by atoms with van der Waals surface area (Å²) in [6.45, 7) is 2.59. The van der Waals surface area contributed by atoms with E-state index in [-0.39, 0.29) is 5.56 Å². The molecule has 0 fully saturated rings. The lowest BCUT2D eigenvalue weighted by Gasteiger charge is -2.11. The minimum atomic E-state index is -4.16. The Bertz CT molecular complexity index is 541. The van der Waals surface area contributed by atoms with Gasteiger partial charge in [0.25, 0.3) is 0 Å². The topological polar surface area (TPSA) is 83.5 Å². The molecule has 1 aromatic carbocycles. The second-order valence-electron chi connectivity index (χ2n) is 3.57. The predicted molar refractivity (Wildman–Crippen MR) is 58.6 cm³/mol. The number of aryl methyl sites for hydroxylation is 1. The van der Waals surface area contributed by atoms with Crippen LogP contribution in [0.4, 0.5) is 4.39 Å². The molecule has 7 heteroatoms. The van der Waals surface area contributed by atoms with E-state index in [9.17, 15) is 17.6 Å². The lowest BCUT2D eigenvalue weighted by molar-refractivity contribution is -0.138. The third kappa shape index (κ3) is 3.01. The van der Waals surface area contributed by atoms with Gasteiger partial charge in [0.15, 0.2) is 0 Å². The zero-order valence-electron chi connectivity index (χ0n) is 9.27. The van der Waals surface area contributed by atoms with Crippen molar-refractivity contribution >= 4 is 16.0 Å². The molecule has 0 heterocycles. The van der Waals surface area contributed by atoms with Crippen molar-refractivity contribution in [1.29, 1.82) is 0 Å². The van der Waals surface area contributed by atoms with Gasteiger partial charge in [-0.3, -0.25) is 4.79 Å². The molecule has 0 aromatic heterocycles. The van der Waals surface area contributed by atoms with Crippen LogP contribution in [-0.2, 0) is 14.8 Å². The fourth-order valence-corrected chi connectivity index (χ4v) is 2.52. The van der Waals surface area contributed by atoms with E-state index in [1.165, 1.54) is 19.1 Å². The average Bonchev–Trinajstić information content (AvgIpc) is 2.21. The molecule has 0 saturated carbocycles. The Kier molecular flexibility index (Phi) is 3.84. The molecule has 1 aromatic rings. The first-order valence-electron chi connectivity index (χ1n) is 4.76. The minimum absolute atomic E-state index is 0.177. The second-order valence-corrected chi connectivity index (χ2v) is 5.25. The first-order valence-corrected chi connectivity index (χ1v) is 6.24. The number of rotatable bonds is 4. The van der Waals surface area contributed by atoms with Gasteiger partial charge in [-0.1, -0.05) is 12.1 Å². The summed E-state index contributed by atoms with van der Waals surface area (Å²) in [6.07, 6.45) is 0. The van der Waals surface area contributed by atoms with Crippen molar-refractivity contribution in [1.82, 2.24) is 4.72 Å². The van der Waals surface area contributed by atoms with Gasteiger partial charge in [-0.05, 0) is 25.5 Å². The molecule has 1 atom stereocenters. The summed E-state index contributed by atoms with van der Waals surface area (Å²) >= 11 is 0. The van der Waals surface area contributed by atoms with Gasteiger partial charge in [-0.2, -0.15) is 4.72 Å². The molecule has 0 aliphatic carbocycles. The highest BCUT2D eigenvalue weighted by molar-refractivity contribution is 7.89. The summed E-state index contributed by atoms with van der Waals surface area (Å²) in [5.41, 5.74) is 0.177. The first-order chi connectivity index (χ1) is 7.75. The summed E-state index contributed by atoms with van der Waals surface area (Å²) in [4.78, 5) is 9.99. The zero-order valence-corrected chi connectivity index (χ0v) is 10.1. The molecule has 0 radical (unpaired) electrons. The van der Waals surface area contributed by atoms with E-state index in [4.69, 9.17) is 5.11 Å². The van der Waals surface area contributed by atoms with E-state index < -0.39 is 32.7 Å². The van der Waals surface area contributed by atoms with Crippen molar-refractivity contribution in [2.45, 2.75) is 24.8 Å². The standard InChI is InChI=1S/C10H12FNO4S/c1-6-4-3-5-8(9(6)11)17(15,16)12-7(2)10(13)14/h3-5,7,12H,1-2H3,(H,13,14)/t7-/m0/s1. The highest BCUT2D eigenvalue weighted by Crippen LogP contribution is 2.17. The van der Waals surface area contributed by atoms with Crippen molar-refractivity contribution in [3.8, 4) is 0 Å². The van der Waals surface area contributed by atoms with Gasteiger partial charge < -0.3 is 5.11 Å². The van der Waals surface area contributed by atoms with Crippen LogP contribution in [0, 0.1) is 12.7 Å². The molecule has 5 nitrogen and oxygen atoms in total. The molecular formula is C10H12FNO4S. The van der Waals surface area contributed by atoms with Crippen molar-refractivity contribution < 1.29 is 22.7 Å². The quantitative estimate of drug-likeness (QED) is 0.843. The van der Waals surface area contributed by atoms with Crippen molar-refractivity contribution in [2.24, 2.45) is 0 Å². The Morgan fingerprint density at radius 3 is 2.59 bits per heavy atom. The Labute approximate surface area is 98.3 Å². The largest absolute Gasteiger partial charge is 0.480 e. The number of carboxylic acid groups (broad SMARTS) is 1. The molecule has 94 valence electrons. The Balaban J connectivity index is 3.14. The third-order valence-corrected chi connectivity index (χ3v) is 3.71. The number of hydrogen-bond donors (Lipinski definition) is 2. The van der Waals surface area contributed by atoms with Gasteiger partial charge in [0, 0.05) is 0 Å². The number of nitrogens with one attached hydrogen (secondary N) is 1. The summed E-state index contributed by atoms with van der Waals surface area (Å²) in [5.74, 6) is -2.21. The monoisotopic (exact) mass is 261 g/mol. The van der Waals surface area contributed by atoms with Gasteiger partial charge >= 0.3 is 5.97 Å². The van der Waals surface area contributed by atoms with E-state index >= 15 is 0 Å². The van der Waals surface area contributed by atoms with E-state index in [0.717, 1.165) is 13.0 Å².